The third kappa shape index (κ3) is 21.2. The van der Waals surface area contributed by atoms with Crippen molar-refractivity contribution in [2.45, 2.75) is 165 Å². The van der Waals surface area contributed by atoms with Crippen LogP contribution >= 0.6 is 0 Å². The number of benzene rings is 4. The minimum Gasteiger partial charge on any atom is -0.508 e. The Morgan fingerprint density at radius 3 is 1.53 bits per heavy atom. The van der Waals surface area contributed by atoms with Crippen LogP contribution in [-0.4, -0.2) is 159 Å². The van der Waals surface area contributed by atoms with Gasteiger partial charge in [0.05, 0.1) is 6.42 Å². The fraction of sp³-hybridized carbons (Fsp3) is 0.441. The number of nitrogens with one attached hydrogen (secondary N) is 10. The van der Waals surface area contributed by atoms with Crippen molar-refractivity contribution < 1.29 is 62.6 Å². The van der Waals surface area contributed by atoms with Gasteiger partial charge in [-0.3, -0.25) is 57.5 Å². The molecule has 3 heterocycles. The van der Waals surface area contributed by atoms with E-state index in [0.29, 0.717) is 28.7 Å². The number of nitrogens with two attached hydrogens (primary N) is 3. The van der Waals surface area contributed by atoms with Crippen LogP contribution < -0.4 is 65.1 Å². The molecule has 27 nitrogen and oxygen atoms in total. The molecule has 2 fully saturated rings. The van der Waals surface area contributed by atoms with Crippen LogP contribution in [0.5, 0.6) is 5.75 Å². The number of fused-ring (bicyclic) bond motifs is 2. The Bertz CT molecular complexity index is 3530. The molecule has 1 aromatic heterocycles. The number of carbonyl (C=O) groups is 12. The van der Waals surface area contributed by atoms with E-state index < -0.39 is 156 Å². The van der Waals surface area contributed by atoms with Crippen molar-refractivity contribution in [2.75, 3.05) is 13.1 Å². The standard InChI is InChI=1S/C68H88N14O13/c1-38(2)31-49-61(88)78-53(36-57(71)85)64(91)73-48(27-28-56(70)84)60(87)77-52(34-42-23-25-44(83)26-24-42)65(92)81-58(39(3)4)67(94)74-47(21-13-29-69)59(86)76-50(32-40-15-7-5-8-16-40)63(90)80-54(35-43-37-72-46-20-12-11-19-45(43)46)68(95)82-30-14-22-55(82)66(93)79-51(62(89)75-49)33-41-17-9-6-10-18-41/h5-12,15-20,23-26,37-39,47-55,58,72,83H,13-14,21-22,27-36,69H2,1-4H3,(H2,70,84)(H2,71,85)(H,73,91)(H,74,94)(H,75,89)(H,76,86)(H,77,87)(H,78,88)(H,79,93)(H,80,90)(H,81,92)/t47-,48-,49-,50+,51-,52-,53-,54-,55-,58-/m0/s1. The lowest BCUT2D eigenvalue weighted by atomic mass is 9.99. The third-order valence-electron chi connectivity index (χ3n) is 16.7. The van der Waals surface area contributed by atoms with E-state index in [-0.39, 0.29) is 76.1 Å². The van der Waals surface area contributed by atoms with Gasteiger partial charge in [0.1, 0.15) is 66.2 Å². The molecule has 2 saturated heterocycles. The van der Waals surface area contributed by atoms with Crippen LogP contribution in [0.2, 0.25) is 0 Å². The summed E-state index contributed by atoms with van der Waals surface area (Å²) in [5, 5.41) is 35.2. The van der Waals surface area contributed by atoms with Crippen LogP contribution in [0.1, 0.15) is 101 Å². The number of hydrogen-bond acceptors (Lipinski definition) is 14. The van der Waals surface area contributed by atoms with Gasteiger partial charge in [-0.15, -0.1) is 0 Å². The summed E-state index contributed by atoms with van der Waals surface area (Å²) >= 11 is 0. The van der Waals surface area contributed by atoms with E-state index in [4.69, 9.17) is 17.2 Å². The maximum absolute atomic E-state index is 15.4. The van der Waals surface area contributed by atoms with Gasteiger partial charge in [-0.1, -0.05) is 119 Å². The fourth-order valence-electron chi connectivity index (χ4n) is 11.6. The zero-order valence-electron chi connectivity index (χ0n) is 53.8. The van der Waals surface area contributed by atoms with Crippen molar-refractivity contribution >= 4 is 81.8 Å². The Morgan fingerprint density at radius 2 is 0.968 bits per heavy atom. The number of amides is 12. The zero-order chi connectivity index (χ0) is 68.9. The van der Waals surface area contributed by atoms with Crippen LogP contribution in [-0.2, 0) is 83.2 Å². The number of primary amides is 2. The van der Waals surface area contributed by atoms with Gasteiger partial charge in [-0.05, 0) is 97.4 Å². The van der Waals surface area contributed by atoms with Crippen molar-refractivity contribution in [1.29, 1.82) is 0 Å². The maximum atomic E-state index is 15.4. The average molecular weight is 1310 g/mol. The molecule has 0 saturated carbocycles. The quantitative estimate of drug-likeness (QED) is 0.0522. The van der Waals surface area contributed by atoms with Crippen LogP contribution in [0.15, 0.2) is 115 Å². The monoisotopic (exact) mass is 1310 g/mol. The molecule has 95 heavy (non-hydrogen) atoms. The van der Waals surface area contributed by atoms with Gasteiger partial charge >= 0.3 is 0 Å². The highest BCUT2D eigenvalue weighted by Crippen LogP contribution is 2.25. The van der Waals surface area contributed by atoms with Gasteiger partial charge in [0.2, 0.25) is 70.9 Å². The highest BCUT2D eigenvalue weighted by atomic mass is 16.3. The molecule has 4 aromatic carbocycles. The molecule has 5 aromatic rings. The van der Waals surface area contributed by atoms with E-state index in [1.54, 1.807) is 94.6 Å². The van der Waals surface area contributed by atoms with Gasteiger partial charge in [0.15, 0.2) is 0 Å². The Labute approximate surface area is 550 Å². The fourth-order valence-corrected chi connectivity index (χ4v) is 11.6. The van der Waals surface area contributed by atoms with Gasteiger partial charge in [-0.2, -0.15) is 0 Å². The van der Waals surface area contributed by atoms with Crippen LogP contribution in [0.3, 0.4) is 0 Å². The summed E-state index contributed by atoms with van der Waals surface area (Å²) in [6.45, 7) is 6.87. The summed E-state index contributed by atoms with van der Waals surface area (Å²) in [4.78, 5) is 178. The highest BCUT2D eigenvalue weighted by Gasteiger charge is 2.42. The predicted octanol–water partition coefficient (Wildman–Crippen LogP) is 0.0938. The summed E-state index contributed by atoms with van der Waals surface area (Å²) in [7, 11) is 0. The molecule has 0 aliphatic carbocycles. The molecular weight excluding hydrogens is 1220 g/mol. The van der Waals surface area contributed by atoms with Crippen LogP contribution in [0.25, 0.3) is 10.9 Å². The molecule has 12 amide bonds. The molecule has 7 rings (SSSR count). The highest BCUT2D eigenvalue weighted by molar-refractivity contribution is 6.01. The number of phenolic OH excluding ortho intramolecular Hbond substituents is 1. The maximum Gasteiger partial charge on any atom is 0.246 e. The number of aromatic hydroxyl groups is 1. The number of rotatable bonds is 19. The van der Waals surface area contributed by atoms with Crippen LogP contribution in [0, 0.1) is 11.8 Å². The Kier molecular flexibility index (Phi) is 26.3. The minimum atomic E-state index is -1.82. The van der Waals surface area contributed by atoms with E-state index in [2.05, 4.69) is 52.8 Å². The SMILES string of the molecule is CC(C)C[C@@H]1NC(=O)[C@H](Cc2ccccc2)NC(=O)[C@@H]2CCCN2C(=O)[C@H](Cc2c[nH]c3ccccc23)NC(=O)[C@@H](Cc2ccccc2)NC(=O)[C@H](CCCN)NC(=O)[C@H](C(C)C)NC(=O)[C@H](Cc2ccc(O)cc2)NC(=O)[C@H](CCC(N)=O)NC(=O)[C@H](CC(N)=O)NC1=O. The second-order valence-corrected chi connectivity index (χ2v) is 25.0. The number of aromatic amines is 1. The normalized spacial score (nSPS) is 23.6. The third-order valence-corrected chi connectivity index (χ3v) is 16.7. The lowest BCUT2D eigenvalue weighted by molar-refractivity contribution is -0.142. The number of phenols is 1. The lowest BCUT2D eigenvalue weighted by Crippen LogP contribution is -2.62. The van der Waals surface area contributed by atoms with Crippen LogP contribution in [0.4, 0.5) is 0 Å². The molecule has 2 aliphatic rings. The summed E-state index contributed by atoms with van der Waals surface area (Å²) in [5.41, 5.74) is 20.1. The molecular formula is C68H88N14O13. The van der Waals surface area contributed by atoms with E-state index in [0.717, 1.165) is 10.9 Å². The topological polar surface area (TPSA) is 430 Å². The van der Waals surface area contributed by atoms with Crippen molar-refractivity contribution in [3.63, 3.8) is 0 Å². The Morgan fingerprint density at radius 1 is 0.505 bits per heavy atom. The van der Waals surface area contributed by atoms with Crippen molar-refractivity contribution in [1.82, 2.24) is 57.7 Å². The van der Waals surface area contributed by atoms with E-state index in [1.807, 2.05) is 24.3 Å². The van der Waals surface area contributed by atoms with E-state index >= 15 is 9.59 Å². The van der Waals surface area contributed by atoms with Gasteiger partial charge < -0.3 is 80.0 Å². The van der Waals surface area contributed by atoms with Crippen molar-refractivity contribution in [3.05, 3.63) is 138 Å². The zero-order valence-corrected chi connectivity index (χ0v) is 53.8. The number of hydrogen-bond donors (Lipinski definition) is 14. The molecule has 10 atom stereocenters. The van der Waals surface area contributed by atoms with Crippen molar-refractivity contribution in [2.24, 2.45) is 29.0 Å². The summed E-state index contributed by atoms with van der Waals surface area (Å²) < 4.78 is 0. The number of carbonyl (C=O) groups excluding carboxylic acids is 12. The Balaban J connectivity index is 1.33. The average Bonchev–Trinajstić information content (AvgIpc) is 1.75. The van der Waals surface area contributed by atoms with Crippen molar-refractivity contribution in [3.8, 4) is 5.75 Å². The summed E-state index contributed by atoms with van der Waals surface area (Å²) in [6.07, 6.45) is -0.160. The first-order valence-electron chi connectivity index (χ1n) is 32.1. The van der Waals surface area contributed by atoms with Gasteiger partial charge in [0, 0.05) is 55.7 Å². The Hall–Kier alpha value is -10.2. The summed E-state index contributed by atoms with van der Waals surface area (Å²) in [6, 6.07) is 15.6. The second-order valence-electron chi connectivity index (χ2n) is 25.0. The lowest BCUT2D eigenvalue weighted by Gasteiger charge is -2.31. The molecule has 0 spiro atoms. The smallest absolute Gasteiger partial charge is 0.246 e. The number of nitrogens with zero attached hydrogens (tertiary/aromatic N) is 1. The first kappa shape index (κ1) is 72.2. The predicted molar refractivity (Wildman–Crippen MR) is 351 cm³/mol. The molecule has 0 bridgehead atoms. The first-order chi connectivity index (χ1) is 45.4. The largest absolute Gasteiger partial charge is 0.508 e. The number of para-hydroxylation sites is 1. The van der Waals surface area contributed by atoms with Gasteiger partial charge in [-0.25, -0.2) is 0 Å². The first-order valence-corrected chi connectivity index (χ1v) is 32.1. The number of H-pyrrole nitrogens is 1. The summed E-state index contributed by atoms with van der Waals surface area (Å²) in [5.74, 6) is -11.9. The van der Waals surface area contributed by atoms with Gasteiger partial charge in [0.25, 0.3) is 0 Å². The molecule has 0 radical (unpaired) electrons. The van der Waals surface area contributed by atoms with E-state index in [9.17, 15) is 53.1 Å². The molecule has 27 heteroatoms. The van der Waals surface area contributed by atoms with E-state index in [1.165, 1.54) is 29.2 Å². The second kappa shape index (κ2) is 34.6. The minimum absolute atomic E-state index is 0.0544. The molecule has 17 N–H and O–H groups in total. The molecule has 508 valence electrons. The molecule has 2 aliphatic heterocycles. The number of aromatic nitrogens is 1. The molecule has 0 unspecified atom stereocenters.